The Kier molecular flexibility index (Phi) is 6.14. The van der Waals surface area contributed by atoms with Crippen LogP contribution in [-0.4, -0.2) is 44.6 Å². The maximum atomic E-state index is 11.6. The fourth-order valence-corrected chi connectivity index (χ4v) is 3.23. The topological polar surface area (TPSA) is 98.1 Å². The number of aliphatic carboxylic acids is 1. The lowest BCUT2D eigenvalue weighted by Gasteiger charge is -2.30. The minimum absolute atomic E-state index is 0.158. The molecule has 1 unspecified atom stereocenters. The van der Waals surface area contributed by atoms with Crippen molar-refractivity contribution in [3.63, 3.8) is 0 Å². The van der Waals surface area contributed by atoms with E-state index < -0.39 is 25.4 Å². The molecule has 0 fully saturated rings. The van der Waals surface area contributed by atoms with Gasteiger partial charge in [-0.25, -0.2) is 0 Å². The highest BCUT2D eigenvalue weighted by Gasteiger charge is 2.35. The highest BCUT2D eigenvalue weighted by atomic mass is 31.2. The van der Waals surface area contributed by atoms with Crippen LogP contribution in [0.3, 0.4) is 0 Å². The summed E-state index contributed by atoms with van der Waals surface area (Å²) in [5, 5.41) is 9.46. The van der Waals surface area contributed by atoms with Crippen molar-refractivity contribution in [2.24, 2.45) is 0 Å². The zero-order chi connectivity index (χ0) is 18.6. The molecular formula is C18H22NO5P. The van der Waals surface area contributed by atoms with E-state index in [2.05, 4.69) is 0 Å². The Morgan fingerprint density at radius 3 is 2.04 bits per heavy atom. The summed E-state index contributed by atoms with van der Waals surface area (Å²) in [5.41, 5.74) is 2.88. The molecule has 0 saturated heterocycles. The van der Waals surface area contributed by atoms with Crippen LogP contribution in [0.5, 0.6) is 0 Å². The fourth-order valence-electron chi connectivity index (χ4n) is 2.59. The van der Waals surface area contributed by atoms with Crippen molar-refractivity contribution in [3.05, 3.63) is 60.2 Å². The summed E-state index contributed by atoms with van der Waals surface area (Å²) in [6.45, 7) is 1.33. The van der Waals surface area contributed by atoms with Crippen molar-refractivity contribution in [3.8, 4) is 11.1 Å². The molecule has 0 aliphatic carbocycles. The number of carbonyl (C=O) groups is 1. The molecule has 25 heavy (non-hydrogen) atoms. The van der Waals surface area contributed by atoms with Gasteiger partial charge >= 0.3 is 13.6 Å². The quantitative estimate of drug-likeness (QED) is 0.655. The van der Waals surface area contributed by atoms with Gasteiger partial charge in [0.2, 0.25) is 0 Å². The molecule has 0 bridgehead atoms. The Bertz CT molecular complexity index is 757. The molecule has 0 spiro atoms. The first-order chi connectivity index (χ1) is 11.7. The predicted octanol–water partition coefficient (Wildman–Crippen LogP) is 2.80. The smallest absolute Gasteiger partial charge is 0.342 e. The largest absolute Gasteiger partial charge is 0.480 e. The molecule has 7 heteroatoms. The maximum absolute atomic E-state index is 11.6. The average molecular weight is 363 g/mol. The maximum Gasteiger partial charge on any atom is 0.342 e. The van der Waals surface area contributed by atoms with Crippen molar-refractivity contribution in [2.45, 2.75) is 25.2 Å². The van der Waals surface area contributed by atoms with Gasteiger partial charge in [0.1, 0.15) is 11.8 Å². The first kappa shape index (κ1) is 19.3. The SMILES string of the molecule is CC(N(C)[C@@H](Cc1ccc(-c2ccccc2)cc1)C(=O)O)P(=O)(O)O. The van der Waals surface area contributed by atoms with Gasteiger partial charge in [0.05, 0.1) is 0 Å². The lowest BCUT2D eigenvalue weighted by Crippen LogP contribution is -2.44. The van der Waals surface area contributed by atoms with Crippen molar-refractivity contribution >= 4 is 13.6 Å². The van der Waals surface area contributed by atoms with Gasteiger partial charge in [0.15, 0.2) is 0 Å². The van der Waals surface area contributed by atoms with Gasteiger partial charge in [-0.1, -0.05) is 54.6 Å². The van der Waals surface area contributed by atoms with E-state index in [1.165, 1.54) is 18.9 Å². The normalized spacial score (nSPS) is 14.3. The lowest BCUT2D eigenvalue weighted by atomic mass is 10.00. The first-order valence-corrected chi connectivity index (χ1v) is 9.52. The van der Waals surface area contributed by atoms with Gasteiger partial charge in [0, 0.05) is 0 Å². The van der Waals surface area contributed by atoms with E-state index in [0.717, 1.165) is 16.7 Å². The van der Waals surface area contributed by atoms with Crippen LogP contribution < -0.4 is 0 Å². The molecule has 2 rings (SSSR count). The number of benzene rings is 2. The number of nitrogens with zero attached hydrogens (tertiary/aromatic N) is 1. The number of rotatable bonds is 7. The second kappa shape index (κ2) is 7.93. The second-order valence-corrected chi connectivity index (χ2v) is 7.93. The van der Waals surface area contributed by atoms with Crippen LogP contribution in [0.15, 0.2) is 54.6 Å². The molecule has 0 amide bonds. The van der Waals surface area contributed by atoms with E-state index in [1.54, 1.807) is 0 Å². The molecule has 0 aromatic heterocycles. The van der Waals surface area contributed by atoms with Crippen LogP contribution in [0, 0.1) is 0 Å². The van der Waals surface area contributed by atoms with Crippen molar-refractivity contribution in [2.75, 3.05) is 7.05 Å². The van der Waals surface area contributed by atoms with Crippen molar-refractivity contribution in [1.29, 1.82) is 0 Å². The van der Waals surface area contributed by atoms with E-state index in [9.17, 15) is 24.3 Å². The molecule has 0 heterocycles. The third kappa shape index (κ3) is 5.00. The summed E-state index contributed by atoms with van der Waals surface area (Å²) in [6, 6.07) is 16.3. The highest BCUT2D eigenvalue weighted by molar-refractivity contribution is 7.52. The molecule has 134 valence electrons. The average Bonchev–Trinajstić information content (AvgIpc) is 2.58. The third-order valence-electron chi connectivity index (χ3n) is 4.34. The molecule has 2 aromatic carbocycles. The van der Waals surface area contributed by atoms with E-state index >= 15 is 0 Å². The zero-order valence-corrected chi connectivity index (χ0v) is 15.0. The Morgan fingerprint density at radius 1 is 1.04 bits per heavy atom. The van der Waals surface area contributed by atoms with Gasteiger partial charge < -0.3 is 14.9 Å². The monoisotopic (exact) mass is 363 g/mol. The van der Waals surface area contributed by atoms with Gasteiger partial charge in [-0.05, 0) is 37.1 Å². The van der Waals surface area contributed by atoms with Crippen LogP contribution in [-0.2, 0) is 15.8 Å². The summed E-state index contributed by atoms with van der Waals surface area (Å²) in [6.07, 6.45) is 0.158. The van der Waals surface area contributed by atoms with E-state index in [4.69, 9.17) is 0 Å². The van der Waals surface area contributed by atoms with Crippen LogP contribution >= 0.6 is 7.60 Å². The van der Waals surface area contributed by atoms with E-state index in [1.807, 2.05) is 54.6 Å². The Balaban J connectivity index is 2.17. The molecule has 2 aromatic rings. The molecule has 6 nitrogen and oxygen atoms in total. The number of likely N-dealkylation sites (N-methyl/N-ethyl adjacent to an activating group) is 1. The lowest BCUT2D eigenvalue weighted by molar-refractivity contribution is -0.143. The van der Waals surface area contributed by atoms with Crippen molar-refractivity contribution < 1.29 is 24.3 Å². The van der Waals surface area contributed by atoms with Gasteiger partial charge in [0.25, 0.3) is 0 Å². The van der Waals surface area contributed by atoms with Gasteiger partial charge in [-0.15, -0.1) is 0 Å². The minimum atomic E-state index is -4.40. The standard InChI is InChI=1S/C18H22NO5P/c1-13(25(22,23)24)19(2)17(18(20)21)12-14-8-10-16(11-9-14)15-6-4-3-5-7-15/h3-11,13,17H,12H2,1-2H3,(H,20,21)(H2,22,23,24)/t13?,17-/m0/s1. The van der Waals surface area contributed by atoms with Gasteiger partial charge in [-0.3, -0.25) is 14.3 Å². The fraction of sp³-hybridized carbons (Fsp3) is 0.278. The van der Waals surface area contributed by atoms with Crippen LogP contribution in [0.25, 0.3) is 11.1 Å². The molecule has 0 radical (unpaired) electrons. The molecule has 3 N–H and O–H groups in total. The first-order valence-electron chi connectivity index (χ1n) is 7.84. The summed E-state index contributed by atoms with van der Waals surface area (Å²) in [4.78, 5) is 31.4. The molecule has 0 saturated carbocycles. The number of hydrogen-bond donors (Lipinski definition) is 3. The van der Waals surface area contributed by atoms with Crippen LogP contribution in [0.1, 0.15) is 12.5 Å². The second-order valence-electron chi connectivity index (χ2n) is 6.01. The molecule has 0 aliphatic rings. The number of hydrogen-bond acceptors (Lipinski definition) is 3. The summed E-state index contributed by atoms with van der Waals surface area (Å²) in [5.74, 6) is -2.29. The Morgan fingerprint density at radius 2 is 1.56 bits per heavy atom. The Labute approximate surface area is 146 Å². The van der Waals surface area contributed by atoms with Crippen molar-refractivity contribution in [1.82, 2.24) is 4.90 Å². The molecule has 0 aliphatic heterocycles. The molecular weight excluding hydrogens is 341 g/mol. The summed E-state index contributed by atoms with van der Waals surface area (Å²) in [7, 11) is -2.98. The van der Waals surface area contributed by atoms with Crippen LogP contribution in [0.4, 0.5) is 0 Å². The predicted molar refractivity (Wildman–Crippen MR) is 96.3 cm³/mol. The Hall–Kier alpha value is -1.98. The summed E-state index contributed by atoms with van der Waals surface area (Å²) >= 11 is 0. The van der Waals surface area contributed by atoms with Gasteiger partial charge in [-0.2, -0.15) is 0 Å². The van der Waals surface area contributed by atoms with E-state index in [0.29, 0.717) is 0 Å². The highest BCUT2D eigenvalue weighted by Crippen LogP contribution is 2.42. The van der Waals surface area contributed by atoms with Crippen LogP contribution in [0.2, 0.25) is 0 Å². The third-order valence-corrected chi connectivity index (χ3v) is 5.68. The molecule has 2 atom stereocenters. The van der Waals surface area contributed by atoms with E-state index in [-0.39, 0.29) is 6.42 Å². The number of carboxylic acid groups (broad SMARTS) is 1. The zero-order valence-electron chi connectivity index (χ0n) is 14.1. The minimum Gasteiger partial charge on any atom is -0.480 e. The number of carboxylic acids is 1. The summed E-state index contributed by atoms with van der Waals surface area (Å²) < 4.78 is 11.4.